The third-order valence-corrected chi connectivity index (χ3v) is 9.87. The third-order valence-electron chi connectivity index (χ3n) is 8.92. The Balaban J connectivity index is 4.30. The zero-order valence-electron chi connectivity index (χ0n) is 32.6. The maximum atomic E-state index is 12.6. The van der Waals surface area contributed by atoms with Crippen LogP contribution in [0.4, 0.5) is 0 Å². The van der Waals surface area contributed by atoms with Crippen molar-refractivity contribution in [1.82, 2.24) is 0 Å². The van der Waals surface area contributed by atoms with Crippen LogP contribution in [-0.2, 0) is 32.7 Å². The van der Waals surface area contributed by atoms with Gasteiger partial charge in [0.25, 0.3) is 0 Å². The minimum Gasteiger partial charge on any atom is -0.462 e. The van der Waals surface area contributed by atoms with Gasteiger partial charge in [-0.1, -0.05) is 161 Å². The number of carbonyl (C=O) groups excluding carboxylic acids is 2. The van der Waals surface area contributed by atoms with Gasteiger partial charge in [0.15, 0.2) is 6.10 Å². The van der Waals surface area contributed by atoms with E-state index in [1.165, 1.54) is 116 Å². The first-order valence-corrected chi connectivity index (χ1v) is 22.1. The lowest BCUT2D eigenvalue weighted by Crippen LogP contribution is -2.29. The van der Waals surface area contributed by atoms with Crippen molar-refractivity contribution in [3.63, 3.8) is 0 Å². The molecule has 11 heteroatoms. The average molecular weight is 749 g/mol. The summed E-state index contributed by atoms with van der Waals surface area (Å²) < 4.78 is 32.6. The summed E-state index contributed by atoms with van der Waals surface area (Å²) in [5.41, 5.74) is 0. The summed E-state index contributed by atoms with van der Waals surface area (Å²) in [6.45, 7) is 2.36. The van der Waals surface area contributed by atoms with Crippen molar-refractivity contribution < 1.29 is 47.8 Å². The van der Waals surface area contributed by atoms with Gasteiger partial charge in [0.05, 0.1) is 19.8 Å². The van der Waals surface area contributed by atoms with Crippen LogP contribution in [0.5, 0.6) is 0 Å². The van der Waals surface area contributed by atoms with Crippen LogP contribution in [0.25, 0.3) is 0 Å². The maximum Gasteiger partial charge on any atom is 0.472 e. The smallest absolute Gasteiger partial charge is 0.462 e. The van der Waals surface area contributed by atoms with Crippen molar-refractivity contribution in [3.8, 4) is 0 Å². The second-order valence-electron chi connectivity index (χ2n) is 14.0. The summed E-state index contributed by atoms with van der Waals surface area (Å²) >= 11 is 0. The lowest BCUT2D eigenvalue weighted by atomic mass is 10.0. The molecular weight excluding hydrogens is 671 g/mol. The molecule has 51 heavy (non-hydrogen) atoms. The summed E-state index contributed by atoms with van der Waals surface area (Å²) in [5, 5.41) is 18.3. The van der Waals surface area contributed by atoms with Crippen LogP contribution in [0.2, 0.25) is 0 Å². The summed E-state index contributed by atoms with van der Waals surface area (Å²) in [6.07, 6.45) is 33.1. The molecule has 0 radical (unpaired) electrons. The number of phosphoric ester groups is 1. The van der Waals surface area contributed by atoms with Gasteiger partial charge in [0.2, 0.25) is 0 Å². The second kappa shape index (κ2) is 37.0. The number of hydrogen-bond acceptors (Lipinski definition) is 9. The molecule has 0 aliphatic rings. The number of esters is 2. The third kappa shape index (κ3) is 36.8. The van der Waals surface area contributed by atoms with Crippen LogP contribution in [-0.4, -0.2) is 65.7 Å². The molecule has 0 heterocycles. The highest BCUT2D eigenvalue weighted by molar-refractivity contribution is 7.47. The molecule has 3 atom stereocenters. The van der Waals surface area contributed by atoms with Gasteiger partial charge < -0.3 is 24.6 Å². The Morgan fingerprint density at radius 3 is 1.47 bits per heavy atom. The van der Waals surface area contributed by atoms with Crippen LogP contribution < -0.4 is 0 Å². The highest BCUT2D eigenvalue weighted by Gasteiger charge is 2.27. The summed E-state index contributed by atoms with van der Waals surface area (Å²) in [7, 11) is -4.61. The second-order valence-corrected chi connectivity index (χ2v) is 15.5. The van der Waals surface area contributed by atoms with E-state index in [0.717, 1.165) is 38.5 Å². The molecule has 0 rings (SSSR count). The van der Waals surface area contributed by atoms with Crippen molar-refractivity contribution in [2.75, 3.05) is 26.4 Å². The highest BCUT2D eigenvalue weighted by Crippen LogP contribution is 2.43. The molecule has 0 amide bonds. The van der Waals surface area contributed by atoms with Crippen LogP contribution >= 0.6 is 7.82 Å². The van der Waals surface area contributed by atoms with Crippen molar-refractivity contribution in [2.24, 2.45) is 0 Å². The highest BCUT2D eigenvalue weighted by atomic mass is 31.2. The van der Waals surface area contributed by atoms with Gasteiger partial charge in [-0.25, -0.2) is 4.57 Å². The molecule has 3 N–H and O–H groups in total. The Morgan fingerprint density at radius 2 is 0.980 bits per heavy atom. The van der Waals surface area contributed by atoms with E-state index < -0.39 is 51.8 Å². The summed E-state index contributed by atoms with van der Waals surface area (Å²) in [6, 6.07) is 0. The molecule has 0 fully saturated rings. The molecule has 0 saturated carbocycles. The first-order valence-electron chi connectivity index (χ1n) is 20.6. The van der Waals surface area contributed by atoms with E-state index in [0.29, 0.717) is 12.8 Å². The predicted octanol–water partition coefficient (Wildman–Crippen LogP) is 10.4. The standard InChI is InChI=1S/C40H77O10P/c1-3-5-7-9-11-13-15-17-18-20-22-24-26-28-30-32-40(44)50-38(36-49-51(45,46)48-34-37(42)33-41)35-47-39(43)31-29-27-25-23-21-19-16-14-12-10-8-6-4-2/h9,11,37-38,41-42H,3-8,10,12-36H2,1-2H3,(H,45,46)/b11-9+/t37-,38+/m0/s1. The Hall–Kier alpha value is -1.29. The van der Waals surface area contributed by atoms with Crippen LogP contribution in [0.3, 0.4) is 0 Å². The normalized spacial score (nSPS) is 14.1. The van der Waals surface area contributed by atoms with Gasteiger partial charge in [0.1, 0.15) is 12.7 Å². The van der Waals surface area contributed by atoms with Gasteiger partial charge in [0, 0.05) is 12.8 Å². The van der Waals surface area contributed by atoms with E-state index >= 15 is 0 Å². The number of unbranched alkanes of at least 4 members (excludes halogenated alkanes) is 23. The van der Waals surface area contributed by atoms with Gasteiger partial charge in [-0.15, -0.1) is 0 Å². The summed E-state index contributed by atoms with van der Waals surface area (Å²) in [5.74, 6) is -0.919. The largest absolute Gasteiger partial charge is 0.472 e. The molecule has 0 spiro atoms. The number of hydrogen-bond donors (Lipinski definition) is 3. The zero-order chi connectivity index (χ0) is 37.7. The molecule has 0 aromatic carbocycles. The molecular formula is C40H77O10P. The van der Waals surface area contributed by atoms with E-state index in [1.807, 2.05) is 0 Å². The molecule has 0 saturated heterocycles. The molecule has 302 valence electrons. The number of carbonyl (C=O) groups is 2. The predicted molar refractivity (Wildman–Crippen MR) is 205 cm³/mol. The first-order chi connectivity index (χ1) is 24.7. The van der Waals surface area contributed by atoms with Gasteiger partial charge >= 0.3 is 19.8 Å². The average Bonchev–Trinajstić information content (AvgIpc) is 3.12. The van der Waals surface area contributed by atoms with Crippen LogP contribution in [0, 0.1) is 0 Å². The molecule has 0 bridgehead atoms. The zero-order valence-corrected chi connectivity index (χ0v) is 33.5. The molecule has 0 aromatic heterocycles. The Labute approximate surface area is 311 Å². The lowest BCUT2D eigenvalue weighted by Gasteiger charge is -2.20. The van der Waals surface area contributed by atoms with Crippen molar-refractivity contribution in [2.45, 2.75) is 206 Å². The SMILES string of the molecule is CCCC/C=C/CCCCCCCCCCCC(=O)O[C@H](COC(=O)CCCCCCCCCCCCCCC)COP(=O)(O)OC[C@@H](O)CO. The molecule has 0 aliphatic heterocycles. The minimum absolute atomic E-state index is 0.186. The van der Waals surface area contributed by atoms with Crippen LogP contribution in [0.1, 0.15) is 194 Å². The monoisotopic (exact) mass is 749 g/mol. The number of rotatable bonds is 39. The number of aliphatic hydroxyl groups is 2. The minimum atomic E-state index is -4.61. The quantitative estimate of drug-likeness (QED) is 0.0240. The fourth-order valence-corrected chi connectivity index (χ4v) is 6.47. The van der Waals surface area contributed by atoms with Gasteiger partial charge in [-0.2, -0.15) is 0 Å². The van der Waals surface area contributed by atoms with Crippen molar-refractivity contribution in [1.29, 1.82) is 0 Å². The molecule has 0 aliphatic carbocycles. The van der Waals surface area contributed by atoms with E-state index in [1.54, 1.807) is 0 Å². The number of ether oxygens (including phenoxy) is 2. The van der Waals surface area contributed by atoms with E-state index in [-0.39, 0.29) is 19.4 Å². The van der Waals surface area contributed by atoms with Crippen LogP contribution in [0.15, 0.2) is 12.2 Å². The fourth-order valence-electron chi connectivity index (χ4n) is 5.68. The topological polar surface area (TPSA) is 149 Å². The molecule has 0 aromatic rings. The maximum absolute atomic E-state index is 12.6. The lowest BCUT2D eigenvalue weighted by molar-refractivity contribution is -0.161. The van der Waals surface area contributed by atoms with E-state index in [9.17, 15) is 24.2 Å². The Morgan fingerprint density at radius 1 is 0.569 bits per heavy atom. The molecule has 1 unspecified atom stereocenters. The van der Waals surface area contributed by atoms with Gasteiger partial charge in [-0.3, -0.25) is 18.6 Å². The Bertz CT molecular complexity index is 868. The fraction of sp³-hybridized carbons (Fsp3) is 0.900. The number of allylic oxidation sites excluding steroid dienone is 2. The Kier molecular flexibility index (Phi) is 36.1. The van der Waals surface area contributed by atoms with E-state index in [2.05, 4.69) is 30.5 Å². The number of phosphoric acid groups is 1. The van der Waals surface area contributed by atoms with Crippen molar-refractivity contribution >= 4 is 19.8 Å². The number of aliphatic hydroxyl groups excluding tert-OH is 2. The molecule has 10 nitrogen and oxygen atoms in total. The summed E-state index contributed by atoms with van der Waals surface area (Å²) in [4.78, 5) is 34.9. The van der Waals surface area contributed by atoms with Crippen molar-refractivity contribution in [3.05, 3.63) is 12.2 Å². The van der Waals surface area contributed by atoms with E-state index in [4.69, 9.17) is 19.1 Å². The van der Waals surface area contributed by atoms with Gasteiger partial charge in [-0.05, 0) is 32.1 Å². The first kappa shape index (κ1) is 49.7.